The normalized spacial score (nSPS) is 13.9. The van der Waals surface area contributed by atoms with Crippen molar-refractivity contribution in [2.45, 2.75) is 6.18 Å². The second-order valence-electron chi connectivity index (χ2n) is 2.19. The van der Waals surface area contributed by atoms with Crippen LogP contribution in [0.3, 0.4) is 0 Å². The molecule has 0 radical (unpaired) electrons. The Labute approximate surface area is 81.7 Å². The van der Waals surface area contributed by atoms with Crippen LogP contribution in [0.1, 0.15) is 0 Å². The highest BCUT2D eigenvalue weighted by Gasteiger charge is 2.38. The molecule has 0 saturated carbocycles. The number of rotatable bonds is 0. The van der Waals surface area contributed by atoms with Gasteiger partial charge in [0.2, 0.25) is 0 Å². The van der Waals surface area contributed by atoms with Crippen LogP contribution in [-0.2, 0) is 9.53 Å². The van der Waals surface area contributed by atoms with Crippen molar-refractivity contribution in [2.24, 2.45) is 5.73 Å². The lowest BCUT2D eigenvalue weighted by atomic mass is 10.7. The molecule has 9 heteroatoms. The molecule has 0 spiro atoms. The number of halogens is 3. The summed E-state index contributed by atoms with van der Waals surface area (Å²) < 4.78 is 36.4. The number of nitrogens with two attached hydrogens (primary N) is 1. The molecule has 0 aliphatic carbocycles. The van der Waals surface area contributed by atoms with E-state index in [1.165, 1.54) is 17.4 Å². The topological polar surface area (TPSA) is 92.9 Å². The van der Waals surface area contributed by atoms with Crippen LogP contribution < -0.4 is 5.73 Å². The molecule has 1 heterocycles. The van der Waals surface area contributed by atoms with Crippen LogP contribution in [-0.4, -0.2) is 34.9 Å². The number of urea groups is 1. The average Bonchev–Trinajstić information content (AvgIpc) is 2.54. The predicted octanol–water partition coefficient (Wildman–Crippen LogP) is 0.459. The number of aliphatic carboxylic acids is 1. The molecule has 0 fully saturated rings. The Balaban J connectivity index is 0.000000265. The lowest BCUT2D eigenvalue weighted by Gasteiger charge is -2.05. The number of carbonyl (C=O) groups excluding carboxylic acids is 1. The van der Waals surface area contributed by atoms with Gasteiger partial charge < -0.3 is 15.6 Å². The van der Waals surface area contributed by atoms with Gasteiger partial charge in [0.15, 0.2) is 6.73 Å². The predicted molar refractivity (Wildman–Crippen MR) is 40.2 cm³/mol. The molecule has 2 amide bonds. The van der Waals surface area contributed by atoms with E-state index < -0.39 is 18.2 Å². The molecule has 3 N–H and O–H groups in total. The standard InChI is InChI=1S/C4H6N2O2.C2HF3O2/c5-4(7)6-1-2-8-3-6;3-2(4,5)1(6)7/h1-2H,3H2,(H2,5,7);(H,6,7). The zero-order chi connectivity index (χ0) is 12.1. The summed E-state index contributed by atoms with van der Waals surface area (Å²) in [6, 6.07) is -0.487. The van der Waals surface area contributed by atoms with Crippen molar-refractivity contribution < 1.29 is 32.6 Å². The first-order valence-corrected chi connectivity index (χ1v) is 3.39. The van der Waals surface area contributed by atoms with Crippen molar-refractivity contribution in [1.82, 2.24) is 4.90 Å². The summed E-state index contributed by atoms with van der Waals surface area (Å²) in [4.78, 5) is 20.4. The second kappa shape index (κ2) is 5.08. The van der Waals surface area contributed by atoms with Crippen LogP contribution in [0, 0.1) is 0 Å². The van der Waals surface area contributed by atoms with Crippen LogP contribution in [0.2, 0.25) is 0 Å². The summed E-state index contributed by atoms with van der Waals surface area (Å²) in [5.41, 5.74) is 4.85. The van der Waals surface area contributed by atoms with Gasteiger partial charge in [0.25, 0.3) is 0 Å². The molecule has 1 aliphatic rings. The molecule has 1 aliphatic heterocycles. The van der Waals surface area contributed by atoms with Crippen molar-refractivity contribution in [1.29, 1.82) is 0 Å². The molecule has 0 atom stereocenters. The number of amides is 2. The van der Waals surface area contributed by atoms with E-state index >= 15 is 0 Å². The Morgan fingerprint density at radius 1 is 1.47 bits per heavy atom. The Morgan fingerprint density at radius 2 is 1.93 bits per heavy atom. The van der Waals surface area contributed by atoms with E-state index in [1.807, 2.05) is 0 Å². The number of alkyl halides is 3. The highest BCUT2D eigenvalue weighted by Crippen LogP contribution is 2.13. The van der Waals surface area contributed by atoms with Crippen molar-refractivity contribution in [3.05, 3.63) is 12.5 Å². The van der Waals surface area contributed by atoms with Gasteiger partial charge in [0, 0.05) is 6.20 Å². The Morgan fingerprint density at radius 3 is 2.07 bits per heavy atom. The fraction of sp³-hybridized carbons (Fsp3) is 0.333. The van der Waals surface area contributed by atoms with E-state index in [9.17, 15) is 18.0 Å². The molecule has 6 nitrogen and oxygen atoms in total. The number of carboxylic acid groups (broad SMARTS) is 1. The SMILES string of the molecule is NC(=O)N1C=COC1.O=C(O)C(F)(F)F. The molecule has 0 aromatic heterocycles. The minimum atomic E-state index is -5.08. The van der Waals surface area contributed by atoms with Gasteiger partial charge in [-0.25, -0.2) is 9.59 Å². The summed E-state index contributed by atoms with van der Waals surface area (Å²) in [6.45, 7) is 0.245. The first-order chi connectivity index (χ1) is 6.75. The molecule has 0 aromatic carbocycles. The summed E-state index contributed by atoms with van der Waals surface area (Å²) in [7, 11) is 0. The maximum absolute atomic E-state index is 10.6. The Hall–Kier alpha value is -1.93. The largest absolute Gasteiger partial charge is 0.490 e. The van der Waals surface area contributed by atoms with Gasteiger partial charge in [0.1, 0.15) is 6.26 Å². The summed E-state index contributed by atoms with van der Waals surface area (Å²) in [6.07, 6.45) is -2.17. The number of primary amides is 1. The maximum atomic E-state index is 10.6. The third-order valence-corrected chi connectivity index (χ3v) is 1.08. The number of ether oxygens (including phenoxy) is 1. The van der Waals surface area contributed by atoms with Crippen LogP contribution in [0.5, 0.6) is 0 Å². The number of hydrogen-bond acceptors (Lipinski definition) is 3. The highest BCUT2D eigenvalue weighted by molar-refractivity contribution is 5.73. The molecule has 0 aromatic rings. The lowest BCUT2D eigenvalue weighted by molar-refractivity contribution is -0.192. The molecular formula is C6H7F3N2O4. The fourth-order valence-corrected chi connectivity index (χ4v) is 0.420. The fourth-order valence-electron chi connectivity index (χ4n) is 0.420. The van der Waals surface area contributed by atoms with Crippen LogP contribution in [0.25, 0.3) is 0 Å². The molecule has 15 heavy (non-hydrogen) atoms. The number of carboxylic acids is 1. The number of nitrogens with zero attached hydrogens (tertiary/aromatic N) is 1. The monoisotopic (exact) mass is 228 g/mol. The minimum absolute atomic E-state index is 0.245. The highest BCUT2D eigenvalue weighted by atomic mass is 19.4. The minimum Gasteiger partial charge on any atom is -0.479 e. The van der Waals surface area contributed by atoms with Crippen LogP contribution >= 0.6 is 0 Å². The summed E-state index contributed by atoms with van der Waals surface area (Å²) >= 11 is 0. The van der Waals surface area contributed by atoms with Gasteiger partial charge >= 0.3 is 18.2 Å². The first-order valence-electron chi connectivity index (χ1n) is 3.39. The third kappa shape index (κ3) is 5.39. The van der Waals surface area contributed by atoms with Crippen LogP contribution in [0.4, 0.5) is 18.0 Å². The molecular weight excluding hydrogens is 221 g/mol. The van der Waals surface area contributed by atoms with Crippen molar-refractivity contribution >= 4 is 12.0 Å². The molecule has 1 rings (SSSR count). The zero-order valence-corrected chi connectivity index (χ0v) is 7.19. The zero-order valence-electron chi connectivity index (χ0n) is 7.19. The summed E-state index contributed by atoms with van der Waals surface area (Å²) in [5.74, 6) is -2.76. The third-order valence-electron chi connectivity index (χ3n) is 1.08. The van der Waals surface area contributed by atoms with Crippen molar-refractivity contribution in [2.75, 3.05) is 6.73 Å². The Bertz CT molecular complexity index is 276. The van der Waals surface area contributed by atoms with Crippen molar-refractivity contribution in [3.63, 3.8) is 0 Å². The smallest absolute Gasteiger partial charge is 0.479 e. The average molecular weight is 228 g/mol. The number of carbonyl (C=O) groups is 2. The number of hydrogen-bond donors (Lipinski definition) is 2. The summed E-state index contributed by atoms with van der Waals surface area (Å²) in [5, 5.41) is 7.12. The van der Waals surface area contributed by atoms with E-state index in [4.69, 9.17) is 15.6 Å². The molecule has 86 valence electrons. The maximum Gasteiger partial charge on any atom is 0.490 e. The van der Waals surface area contributed by atoms with Crippen molar-refractivity contribution in [3.8, 4) is 0 Å². The van der Waals surface area contributed by atoms with Gasteiger partial charge in [-0.2, -0.15) is 13.2 Å². The quantitative estimate of drug-likeness (QED) is 0.629. The molecule has 0 saturated heterocycles. The molecule has 0 bridgehead atoms. The van der Waals surface area contributed by atoms with Gasteiger partial charge in [-0.1, -0.05) is 0 Å². The van der Waals surface area contributed by atoms with Gasteiger partial charge in [0.05, 0.1) is 0 Å². The van der Waals surface area contributed by atoms with E-state index in [0.29, 0.717) is 0 Å². The van der Waals surface area contributed by atoms with Gasteiger partial charge in [-0.15, -0.1) is 0 Å². The van der Waals surface area contributed by atoms with Crippen LogP contribution in [0.15, 0.2) is 12.5 Å². The van der Waals surface area contributed by atoms with E-state index in [2.05, 4.69) is 4.74 Å². The molecule has 0 unspecified atom stereocenters. The second-order valence-corrected chi connectivity index (χ2v) is 2.19. The van der Waals surface area contributed by atoms with E-state index in [0.717, 1.165) is 0 Å². The van der Waals surface area contributed by atoms with E-state index in [1.54, 1.807) is 0 Å². The van der Waals surface area contributed by atoms with E-state index in [-0.39, 0.29) is 6.73 Å². The Kier molecular flexibility index (Phi) is 4.42. The lowest BCUT2D eigenvalue weighted by Crippen LogP contribution is -2.29. The van der Waals surface area contributed by atoms with Gasteiger partial charge in [-0.05, 0) is 0 Å². The van der Waals surface area contributed by atoms with Gasteiger partial charge in [-0.3, -0.25) is 4.90 Å². The first kappa shape index (κ1) is 13.1.